The van der Waals surface area contributed by atoms with Gasteiger partial charge in [-0.1, -0.05) is 52.3 Å². The van der Waals surface area contributed by atoms with E-state index in [2.05, 4.69) is 72.2 Å². The summed E-state index contributed by atoms with van der Waals surface area (Å²) in [5, 5.41) is 0. The topological polar surface area (TPSA) is 20.2 Å². The Labute approximate surface area is 110 Å². The van der Waals surface area contributed by atoms with Crippen LogP contribution in [-0.2, 0) is 0 Å². The number of hydrogen-bond donors (Lipinski definition) is 2. The van der Waals surface area contributed by atoms with Crippen LogP contribution in [0.3, 0.4) is 0 Å². The first-order chi connectivity index (χ1) is 7.77. The monoisotopic (exact) mass is 295 g/mol. The maximum absolute atomic E-state index is 6.69. The van der Waals surface area contributed by atoms with E-state index in [-0.39, 0.29) is 0 Å². The normalized spacial score (nSPS) is 9.25. The molecule has 16 heavy (non-hydrogen) atoms. The second-order valence-electron chi connectivity index (χ2n) is 3.25. The zero-order chi connectivity index (χ0) is 12.0. The maximum Gasteiger partial charge on any atom is 0.0204 e. The van der Waals surface area contributed by atoms with E-state index in [4.69, 9.17) is 4.55 Å². The van der Waals surface area contributed by atoms with Crippen LogP contribution < -0.4 is 0 Å². The van der Waals surface area contributed by atoms with Crippen LogP contribution in [-0.4, -0.2) is 4.55 Å². The summed E-state index contributed by atoms with van der Waals surface area (Å²) in [5.41, 5.74) is 3.74. The number of benzene rings is 2. The highest BCUT2D eigenvalue weighted by molar-refractivity contribution is 9.10. The van der Waals surface area contributed by atoms with Gasteiger partial charge in [0.2, 0.25) is 0 Å². The molecule has 0 aliphatic heterocycles. The van der Waals surface area contributed by atoms with E-state index >= 15 is 0 Å². The Kier molecular flexibility index (Phi) is 5.60. The summed E-state index contributed by atoms with van der Waals surface area (Å²) in [5.74, 6) is 0. The number of halogens is 1. The Bertz CT molecular complexity index is 443. The predicted molar refractivity (Wildman–Crippen MR) is 74.8 cm³/mol. The van der Waals surface area contributed by atoms with E-state index in [9.17, 15) is 0 Å². The first kappa shape index (κ1) is 13.3. The Morgan fingerprint density at radius 2 is 1.69 bits per heavy atom. The van der Waals surface area contributed by atoms with Gasteiger partial charge in [0, 0.05) is 4.47 Å². The van der Waals surface area contributed by atoms with Crippen LogP contribution in [0.15, 0.2) is 46.9 Å². The average Bonchev–Trinajstić information content (AvgIpc) is 2.36. The van der Waals surface area contributed by atoms with Gasteiger partial charge in [0.15, 0.2) is 0 Å². The summed E-state index contributed by atoms with van der Waals surface area (Å²) in [6, 6.07) is 17.4. The van der Waals surface area contributed by atoms with Crippen LogP contribution in [0.5, 0.6) is 0 Å². The van der Waals surface area contributed by atoms with E-state index in [0.717, 1.165) is 4.47 Å². The second-order valence-corrected chi connectivity index (χ2v) is 4.11. The zero-order valence-electron chi connectivity index (χ0n) is 8.81. The van der Waals surface area contributed by atoms with Crippen molar-refractivity contribution in [3.63, 3.8) is 0 Å². The third-order valence-electron chi connectivity index (χ3n) is 2.21. The molecule has 1 N–H and O–H groups in total. The van der Waals surface area contributed by atoms with Crippen molar-refractivity contribution in [2.45, 2.75) is 6.92 Å². The minimum atomic E-state index is 1.16. The van der Waals surface area contributed by atoms with Crippen molar-refractivity contribution in [3.05, 3.63) is 58.6 Å². The molecule has 0 atom stereocenters. The van der Waals surface area contributed by atoms with Crippen LogP contribution in [0.25, 0.3) is 11.1 Å². The van der Waals surface area contributed by atoms with E-state index < -0.39 is 0 Å². The zero-order valence-corrected chi connectivity index (χ0v) is 11.3. The molecule has 0 saturated heterocycles. The summed E-state index contributed by atoms with van der Waals surface area (Å²) in [6.45, 7) is 2.10. The van der Waals surface area contributed by atoms with Crippen LogP contribution >= 0.6 is 28.8 Å². The molecule has 0 unspecified atom stereocenters. The van der Waals surface area contributed by atoms with Crippen LogP contribution in [0.1, 0.15) is 5.56 Å². The molecule has 0 fully saturated rings. The summed E-state index contributed by atoms with van der Waals surface area (Å²) < 4.78 is 7.85. The van der Waals surface area contributed by atoms with Gasteiger partial charge in [0.1, 0.15) is 0 Å². The fourth-order valence-corrected chi connectivity index (χ4v) is 1.65. The molecule has 2 aromatic rings. The largest absolute Gasteiger partial charge is 0.333 e. The molecule has 0 heterocycles. The molecule has 2 rings (SSSR count). The molecule has 2 aromatic carbocycles. The van der Waals surface area contributed by atoms with Crippen LogP contribution in [0, 0.1) is 13.0 Å². The van der Waals surface area contributed by atoms with Gasteiger partial charge >= 0.3 is 0 Å². The molecular weight excluding hydrogens is 284 g/mol. The highest BCUT2D eigenvalue weighted by atomic mass is 79.9. The average molecular weight is 296 g/mol. The van der Waals surface area contributed by atoms with Crippen molar-refractivity contribution in [3.8, 4) is 11.1 Å². The lowest BCUT2D eigenvalue weighted by atomic mass is 10.0. The van der Waals surface area contributed by atoms with Gasteiger partial charge in [-0.05, 0) is 48.7 Å². The van der Waals surface area contributed by atoms with Crippen molar-refractivity contribution in [2.75, 3.05) is 0 Å². The molecule has 0 amide bonds. The number of thiol groups is 1. The summed E-state index contributed by atoms with van der Waals surface area (Å²) >= 11 is 6.02. The molecule has 1 radical (unpaired) electrons. The fraction of sp³-hybridized carbons (Fsp3) is 0.0769. The third-order valence-corrected chi connectivity index (χ3v) is 3.10. The fourth-order valence-electron chi connectivity index (χ4n) is 1.40. The van der Waals surface area contributed by atoms with E-state index in [1.165, 1.54) is 16.7 Å². The highest BCUT2D eigenvalue weighted by Gasteiger charge is 1.98. The van der Waals surface area contributed by atoms with Gasteiger partial charge in [0.25, 0.3) is 0 Å². The Balaban J connectivity index is 0.000000606. The lowest BCUT2D eigenvalue weighted by molar-refractivity contribution is 0.679. The Morgan fingerprint density at radius 3 is 2.25 bits per heavy atom. The molecule has 3 heteroatoms. The molecule has 0 saturated carbocycles. The van der Waals surface area contributed by atoms with Crippen molar-refractivity contribution in [2.24, 2.45) is 0 Å². The lowest BCUT2D eigenvalue weighted by Gasteiger charge is -2.03. The molecule has 83 valence electrons. The van der Waals surface area contributed by atoms with Crippen molar-refractivity contribution in [1.29, 1.82) is 0 Å². The van der Waals surface area contributed by atoms with Gasteiger partial charge in [0.05, 0.1) is 0 Å². The predicted octanol–water partition coefficient (Wildman–Crippen LogP) is 4.61. The number of rotatable bonds is 1. The molecule has 0 spiro atoms. The second kappa shape index (κ2) is 6.74. The highest BCUT2D eigenvalue weighted by Crippen LogP contribution is 2.24. The smallest absolute Gasteiger partial charge is 0.0204 e. The minimum Gasteiger partial charge on any atom is -0.333 e. The van der Waals surface area contributed by atoms with E-state index in [0.29, 0.717) is 0 Å². The lowest BCUT2D eigenvalue weighted by Crippen LogP contribution is -1.80. The molecule has 0 aromatic heterocycles. The van der Waals surface area contributed by atoms with Gasteiger partial charge in [-0.2, -0.15) is 0 Å². The van der Waals surface area contributed by atoms with Gasteiger partial charge in [-0.3, -0.25) is 0 Å². The summed E-state index contributed by atoms with van der Waals surface area (Å²) in [4.78, 5) is 0. The first-order valence-corrected chi connectivity index (χ1v) is 5.89. The van der Waals surface area contributed by atoms with Crippen LogP contribution in [0.2, 0.25) is 0 Å². The van der Waals surface area contributed by atoms with Gasteiger partial charge in [-0.25, -0.2) is 0 Å². The third kappa shape index (κ3) is 3.37. The summed E-state index contributed by atoms with van der Waals surface area (Å²) in [7, 11) is 0. The first-order valence-electron chi connectivity index (χ1n) is 4.70. The molecule has 0 aliphatic carbocycles. The molecule has 0 aliphatic rings. The number of hydrogen-bond acceptors (Lipinski definition) is 2. The molecule has 1 nitrogen and oxygen atoms in total. The van der Waals surface area contributed by atoms with Gasteiger partial charge in [-0.15, -0.1) is 0 Å². The molecular formula is C13H12BrOS. The number of aryl methyl sites for hydroxylation is 1. The maximum atomic E-state index is 6.69. The van der Waals surface area contributed by atoms with Crippen molar-refractivity contribution >= 4 is 28.8 Å². The van der Waals surface area contributed by atoms with Crippen molar-refractivity contribution < 1.29 is 4.55 Å². The van der Waals surface area contributed by atoms with E-state index in [1.54, 1.807) is 0 Å². The van der Waals surface area contributed by atoms with Crippen molar-refractivity contribution in [1.82, 2.24) is 0 Å². The summed E-state index contributed by atoms with van der Waals surface area (Å²) in [6.07, 6.45) is 0. The Hall–Kier alpha value is -0.770. The Morgan fingerprint density at radius 1 is 1.06 bits per heavy atom. The van der Waals surface area contributed by atoms with Gasteiger partial charge < -0.3 is 4.55 Å². The van der Waals surface area contributed by atoms with E-state index in [1.807, 2.05) is 12.1 Å². The standard InChI is InChI=1S/C13H10Br.H2OS/c1-10-9-12(7-8-13(10)14)11-5-3-2-4-6-11;1-2/h3-9H,1H3;1-2H. The minimum absolute atomic E-state index is 1.16. The van der Waals surface area contributed by atoms with Crippen LogP contribution in [0.4, 0.5) is 0 Å². The quantitative estimate of drug-likeness (QED) is 0.581. The molecule has 0 bridgehead atoms. The SMILES string of the molecule is Cc1cc(-c2cc[c]cc2)ccc1Br.OS.